The van der Waals surface area contributed by atoms with Gasteiger partial charge >= 0.3 is 17.8 Å². The van der Waals surface area contributed by atoms with Crippen LogP contribution >= 0.6 is 12.4 Å². The van der Waals surface area contributed by atoms with Crippen LogP contribution in [0.2, 0.25) is 0 Å². The molecule has 0 amide bonds. The zero-order valence-electron chi connectivity index (χ0n) is 10.7. The number of rotatable bonds is 4. The number of phenols is 1. The Hall–Kier alpha value is -1.88. The number of nitro groups is 1. The van der Waals surface area contributed by atoms with Crippen molar-refractivity contribution in [2.45, 2.75) is 18.1 Å². The molecule has 0 saturated carbocycles. The second-order valence-corrected chi connectivity index (χ2v) is 3.95. The Morgan fingerprint density at radius 1 is 1.32 bits per heavy atom. The first-order valence-electron chi connectivity index (χ1n) is 5.19. The fraction of sp³-hybridized carbons (Fsp3) is 0.400. The van der Waals surface area contributed by atoms with Crippen molar-refractivity contribution in [1.82, 2.24) is 0 Å². The molecule has 1 atom stereocenters. The molecule has 0 bridgehead atoms. The lowest BCUT2D eigenvalue weighted by molar-refractivity contribution is -0.386. The monoisotopic (exact) mass is 352 g/mol. The number of methoxy groups -OCH3 is 1. The van der Waals surface area contributed by atoms with Crippen molar-refractivity contribution in [3.63, 3.8) is 0 Å². The first-order chi connectivity index (χ1) is 9.43. The molecule has 1 aromatic rings. The predicted octanol–water partition coefficient (Wildman–Crippen LogP) is 2.93. The molecule has 0 unspecified atom stereocenters. The zero-order chi connectivity index (χ0) is 16.6. The summed E-state index contributed by atoms with van der Waals surface area (Å²) in [5, 5.41) is 20.1. The lowest BCUT2D eigenvalue weighted by Gasteiger charge is -2.26. The molecule has 0 aromatic heterocycles. The number of nitrogens with two attached hydrogens (primary N) is 1. The fourth-order valence-corrected chi connectivity index (χ4v) is 1.47. The molecule has 0 aliphatic rings. The van der Waals surface area contributed by atoms with E-state index in [9.17, 15) is 37.2 Å². The second-order valence-electron chi connectivity index (χ2n) is 3.95. The number of ether oxygens (including phenoxy) is 1. The van der Waals surface area contributed by atoms with E-state index in [-0.39, 0.29) is 12.4 Å². The van der Waals surface area contributed by atoms with Crippen LogP contribution in [0.15, 0.2) is 12.1 Å². The molecule has 3 N–H and O–H groups in total. The van der Waals surface area contributed by atoms with Crippen LogP contribution in [0.3, 0.4) is 0 Å². The van der Waals surface area contributed by atoms with Gasteiger partial charge in [0.05, 0.1) is 12.0 Å². The minimum atomic E-state index is -5.94. The van der Waals surface area contributed by atoms with E-state index in [4.69, 9.17) is 5.73 Å². The standard InChI is InChI=1S/C10H9F5N2O4.ClH/c1-21-6-3-4(2-5(7(6)18)17(19)20)8(16)9(11,12)10(13,14)15;/h2-3,8,18H,16H2,1H3;1H/t8-;/m1./s1. The summed E-state index contributed by atoms with van der Waals surface area (Å²) >= 11 is 0. The first-order valence-corrected chi connectivity index (χ1v) is 5.19. The number of hydrogen-bond donors (Lipinski definition) is 2. The summed E-state index contributed by atoms with van der Waals surface area (Å²) in [5.41, 5.74) is 2.87. The molecule has 0 aliphatic carbocycles. The van der Waals surface area contributed by atoms with Crippen LogP contribution in [-0.2, 0) is 0 Å². The van der Waals surface area contributed by atoms with Crippen LogP contribution in [-0.4, -0.2) is 29.2 Å². The lowest BCUT2D eigenvalue weighted by atomic mass is 9.99. The van der Waals surface area contributed by atoms with Gasteiger partial charge in [-0.15, -0.1) is 12.4 Å². The molecule has 0 fully saturated rings. The molecule has 0 radical (unpaired) electrons. The highest BCUT2D eigenvalue weighted by Crippen LogP contribution is 2.46. The largest absolute Gasteiger partial charge is 0.500 e. The van der Waals surface area contributed by atoms with Gasteiger partial charge in [0.2, 0.25) is 5.75 Å². The van der Waals surface area contributed by atoms with Crippen LogP contribution in [0.25, 0.3) is 0 Å². The minimum Gasteiger partial charge on any atom is -0.500 e. The second kappa shape index (κ2) is 6.48. The fourth-order valence-electron chi connectivity index (χ4n) is 1.47. The summed E-state index contributed by atoms with van der Waals surface area (Å²) < 4.78 is 67.5. The number of nitro benzene ring substituents is 1. The van der Waals surface area contributed by atoms with Gasteiger partial charge in [0.1, 0.15) is 6.04 Å². The maximum Gasteiger partial charge on any atom is 0.455 e. The predicted molar refractivity (Wildman–Crippen MR) is 66.5 cm³/mol. The van der Waals surface area contributed by atoms with Crippen molar-refractivity contribution >= 4 is 18.1 Å². The Morgan fingerprint density at radius 2 is 1.82 bits per heavy atom. The number of nitrogens with zero attached hydrogens (tertiary/aromatic N) is 1. The van der Waals surface area contributed by atoms with Gasteiger partial charge in [0, 0.05) is 6.07 Å². The maximum atomic E-state index is 13.2. The molecule has 0 aliphatic heterocycles. The number of halogens is 6. The molecule has 126 valence electrons. The Morgan fingerprint density at radius 3 is 2.18 bits per heavy atom. The zero-order valence-corrected chi connectivity index (χ0v) is 11.5. The van der Waals surface area contributed by atoms with Gasteiger partial charge in [0.15, 0.2) is 5.75 Å². The molecule has 0 heterocycles. The average Bonchev–Trinajstić information content (AvgIpc) is 2.36. The van der Waals surface area contributed by atoms with Crippen LogP contribution in [0.5, 0.6) is 11.5 Å². The third kappa shape index (κ3) is 3.47. The summed E-state index contributed by atoms with van der Waals surface area (Å²) in [5.74, 6) is -6.97. The number of aromatic hydroxyl groups is 1. The highest BCUT2D eigenvalue weighted by Gasteiger charge is 2.62. The van der Waals surface area contributed by atoms with Crippen molar-refractivity contribution < 1.29 is 36.7 Å². The van der Waals surface area contributed by atoms with Gasteiger partial charge < -0.3 is 15.6 Å². The Bertz CT molecular complexity index is 567. The number of alkyl halides is 5. The van der Waals surface area contributed by atoms with Gasteiger partial charge in [-0.2, -0.15) is 22.0 Å². The van der Waals surface area contributed by atoms with E-state index in [1.807, 2.05) is 0 Å². The first kappa shape index (κ1) is 20.1. The van der Waals surface area contributed by atoms with Crippen LogP contribution in [0, 0.1) is 10.1 Å². The van der Waals surface area contributed by atoms with E-state index < -0.39 is 45.8 Å². The highest BCUT2D eigenvalue weighted by atomic mass is 35.5. The topological polar surface area (TPSA) is 98.6 Å². The van der Waals surface area contributed by atoms with Gasteiger partial charge in [-0.25, -0.2) is 0 Å². The SMILES string of the molecule is COc1cc([C@@H](N)C(F)(F)C(F)(F)F)cc([N+](=O)[O-])c1O.Cl. The Balaban J connectivity index is 0.00000441. The highest BCUT2D eigenvalue weighted by molar-refractivity contribution is 5.85. The van der Waals surface area contributed by atoms with E-state index in [0.717, 1.165) is 7.11 Å². The molecule has 0 saturated heterocycles. The van der Waals surface area contributed by atoms with E-state index in [2.05, 4.69) is 4.74 Å². The van der Waals surface area contributed by atoms with E-state index in [1.54, 1.807) is 0 Å². The molecule has 0 spiro atoms. The van der Waals surface area contributed by atoms with Gasteiger partial charge in [0.25, 0.3) is 0 Å². The van der Waals surface area contributed by atoms with E-state index in [0.29, 0.717) is 12.1 Å². The van der Waals surface area contributed by atoms with Crippen molar-refractivity contribution in [3.05, 3.63) is 27.8 Å². The smallest absolute Gasteiger partial charge is 0.455 e. The summed E-state index contributed by atoms with van der Waals surface area (Å²) in [6, 6.07) is -1.99. The number of benzene rings is 1. The van der Waals surface area contributed by atoms with Gasteiger partial charge in [-0.3, -0.25) is 10.1 Å². The third-order valence-electron chi connectivity index (χ3n) is 2.62. The number of phenolic OH excluding ortho intramolecular Hbond substituents is 1. The summed E-state index contributed by atoms with van der Waals surface area (Å²) in [7, 11) is 0.940. The van der Waals surface area contributed by atoms with Crippen molar-refractivity contribution in [2.24, 2.45) is 5.73 Å². The van der Waals surface area contributed by atoms with Crippen molar-refractivity contribution in [2.75, 3.05) is 7.11 Å². The van der Waals surface area contributed by atoms with Crippen LogP contribution < -0.4 is 10.5 Å². The van der Waals surface area contributed by atoms with Crippen LogP contribution in [0.1, 0.15) is 11.6 Å². The summed E-state index contributed by atoms with van der Waals surface area (Å²) in [4.78, 5) is 9.48. The molecule has 1 rings (SSSR count). The van der Waals surface area contributed by atoms with Crippen LogP contribution in [0.4, 0.5) is 27.6 Å². The Labute approximate surface area is 126 Å². The van der Waals surface area contributed by atoms with Gasteiger partial charge in [-0.1, -0.05) is 0 Å². The maximum absolute atomic E-state index is 13.2. The third-order valence-corrected chi connectivity index (χ3v) is 2.62. The van der Waals surface area contributed by atoms with Crippen molar-refractivity contribution in [1.29, 1.82) is 0 Å². The number of hydrogen-bond acceptors (Lipinski definition) is 5. The molecule has 12 heteroatoms. The minimum absolute atomic E-state index is 0. The lowest BCUT2D eigenvalue weighted by Crippen LogP contribution is -2.45. The normalized spacial score (nSPS) is 13.2. The van der Waals surface area contributed by atoms with Gasteiger partial charge in [-0.05, 0) is 11.6 Å². The van der Waals surface area contributed by atoms with Crippen molar-refractivity contribution in [3.8, 4) is 11.5 Å². The average molecular weight is 353 g/mol. The molecular weight excluding hydrogens is 343 g/mol. The quantitative estimate of drug-likeness (QED) is 0.493. The molecule has 6 nitrogen and oxygen atoms in total. The van der Waals surface area contributed by atoms with E-state index in [1.165, 1.54) is 0 Å². The molecular formula is C10H10ClF5N2O4. The van der Waals surface area contributed by atoms with E-state index >= 15 is 0 Å². The summed E-state index contributed by atoms with van der Waals surface area (Å²) in [6.07, 6.45) is -5.94. The molecule has 1 aromatic carbocycles. The summed E-state index contributed by atoms with van der Waals surface area (Å²) in [6.45, 7) is 0. The Kier molecular flexibility index (Phi) is 5.93. The molecule has 22 heavy (non-hydrogen) atoms.